The Labute approximate surface area is 194 Å². The van der Waals surface area contributed by atoms with E-state index in [1.807, 2.05) is 20.8 Å². The molecular weight excluding hydrogens is 396 g/mol. The highest BCUT2D eigenvalue weighted by atomic mass is 16.4. The van der Waals surface area contributed by atoms with Crippen LogP contribution < -0.4 is 0 Å². The van der Waals surface area contributed by atoms with Crippen molar-refractivity contribution in [2.45, 2.75) is 105 Å². The number of aromatic carboxylic acids is 1. The highest BCUT2D eigenvalue weighted by Gasteiger charge is 2.35. The van der Waals surface area contributed by atoms with Crippen molar-refractivity contribution in [1.29, 1.82) is 0 Å². The molecule has 0 aliphatic heterocycles. The normalized spacial score (nSPS) is 13.4. The van der Waals surface area contributed by atoms with Gasteiger partial charge < -0.3 is 10.2 Å². The van der Waals surface area contributed by atoms with Crippen molar-refractivity contribution in [3.63, 3.8) is 0 Å². The summed E-state index contributed by atoms with van der Waals surface area (Å²) in [7, 11) is 0. The Morgan fingerprint density at radius 2 is 1.19 bits per heavy atom. The van der Waals surface area contributed by atoms with Crippen molar-refractivity contribution < 1.29 is 15.0 Å². The van der Waals surface area contributed by atoms with Gasteiger partial charge in [0.15, 0.2) is 0 Å². The van der Waals surface area contributed by atoms with Crippen LogP contribution in [0.5, 0.6) is 5.75 Å². The van der Waals surface area contributed by atoms with E-state index in [9.17, 15) is 15.0 Å². The first kappa shape index (κ1) is 26.0. The van der Waals surface area contributed by atoms with Crippen molar-refractivity contribution >= 4 is 5.97 Å². The maximum absolute atomic E-state index is 12.0. The Hall–Kier alpha value is -2.29. The summed E-state index contributed by atoms with van der Waals surface area (Å²) < 4.78 is 0. The van der Waals surface area contributed by atoms with E-state index < -0.39 is 11.4 Å². The molecule has 32 heavy (non-hydrogen) atoms. The predicted octanol–water partition coefficient (Wildman–Crippen LogP) is 7.95. The van der Waals surface area contributed by atoms with E-state index in [0.29, 0.717) is 5.56 Å². The second-order valence-electron chi connectivity index (χ2n) is 13.1. The molecule has 0 spiro atoms. The molecule has 0 heterocycles. The molecule has 0 aromatic heterocycles. The van der Waals surface area contributed by atoms with Crippen LogP contribution in [0.4, 0.5) is 0 Å². The molecule has 176 valence electrons. The van der Waals surface area contributed by atoms with E-state index in [-0.39, 0.29) is 27.6 Å². The van der Waals surface area contributed by atoms with Crippen LogP contribution in [0.1, 0.15) is 116 Å². The number of rotatable bonds is 2. The summed E-state index contributed by atoms with van der Waals surface area (Å²) in [5.41, 5.74) is 5.17. The smallest absolute Gasteiger partial charge is 0.339 e. The predicted molar refractivity (Wildman–Crippen MR) is 135 cm³/mol. The maximum atomic E-state index is 12.0. The third kappa shape index (κ3) is 5.03. The Balaban J connectivity index is 3.19. The van der Waals surface area contributed by atoms with E-state index in [1.165, 1.54) is 11.1 Å². The molecule has 0 aliphatic carbocycles. The van der Waals surface area contributed by atoms with Crippen LogP contribution in [0, 0.1) is 0 Å². The minimum absolute atomic E-state index is 0.00749. The molecule has 2 rings (SSSR count). The molecule has 2 N–H and O–H groups in total. The number of aromatic hydroxyl groups is 1. The highest BCUT2D eigenvalue weighted by Crippen LogP contribution is 2.49. The van der Waals surface area contributed by atoms with Crippen LogP contribution in [-0.4, -0.2) is 16.2 Å². The van der Waals surface area contributed by atoms with Gasteiger partial charge in [0.25, 0.3) is 0 Å². The van der Waals surface area contributed by atoms with Crippen LogP contribution >= 0.6 is 0 Å². The van der Waals surface area contributed by atoms with Crippen molar-refractivity contribution in [2.75, 3.05) is 0 Å². The van der Waals surface area contributed by atoms with E-state index in [0.717, 1.165) is 16.7 Å². The van der Waals surface area contributed by atoms with Gasteiger partial charge in [0.2, 0.25) is 0 Å². The highest BCUT2D eigenvalue weighted by molar-refractivity contribution is 5.95. The lowest BCUT2D eigenvalue weighted by Crippen LogP contribution is -2.23. The number of hydrogen-bond donors (Lipinski definition) is 2. The molecule has 0 aliphatic rings. The topological polar surface area (TPSA) is 57.5 Å². The summed E-state index contributed by atoms with van der Waals surface area (Å²) in [6.45, 7) is 25.6. The minimum atomic E-state index is -1.11. The monoisotopic (exact) mass is 438 g/mol. The molecule has 0 saturated carbocycles. The number of carboxylic acid groups (broad SMARTS) is 1. The van der Waals surface area contributed by atoms with Gasteiger partial charge in [-0.15, -0.1) is 0 Å². The van der Waals surface area contributed by atoms with Crippen LogP contribution in [0.15, 0.2) is 24.3 Å². The van der Waals surface area contributed by atoms with Crippen LogP contribution in [0.3, 0.4) is 0 Å². The zero-order valence-electron chi connectivity index (χ0n) is 22.1. The van der Waals surface area contributed by atoms with Crippen LogP contribution in [-0.2, 0) is 21.7 Å². The van der Waals surface area contributed by atoms with Crippen molar-refractivity contribution in [2.24, 2.45) is 0 Å². The molecule has 3 nitrogen and oxygen atoms in total. The molecular formula is C29H42O3. The lowest BCUT2D eigenvalue weighted by atomic mass is 9.69. The molecule has 0 unspecified atom stereocenters. The number of benzene rings is 2. The summed E-state index contributed by atoms with van der Waals surface area (Å²) in [6, 6.07) is 8.30. The van der Waals surface area contributed by atoms with E-state index in [4.69, 9.17) is 0 Å². The van der Waals surface area contributed by atoms with Gasteiger partial charge in [-0.25, -0.2) is 4.79 Å². The first-order valence-electron chi connectivity index (χ1n) is 11.5. The van der Waals surface area contributed by atoms with E-state index in [2.05, 4.69) is 80.5 Å². The maximum Gasteiger partial charge on any atom is 0.339 e. The van der Waals surface area contributed by atoms with Crippen molar-refractivity contribution in [3.05, 3.63) is 52.1 Å². The molecule has 2 aromatic carbocycles. The average Bonchev–Trinajstić information content (AvgIpc) is 2.56. The molecule has 0 bridgehead atoms. The van der Waals surface area contributed by atoms with Gasteiger partial charge >= 0.3 is 5.97 Å². The summed E-state index contributed by atoms with van der Waals surface area (Å²) in [6.07, 6.45) is 0. The Bertz CT molecular complexity index is 1030. The Kier molecular flexibility index (Phi) is 6.44. The molecule has 0 radical (unpaired) electrons. The zero-order chi connectivity index (χ0) is 25.0. The summed E-state index contributed by atoms with van der Waals surface area (Å²) in [4.78, 5) is 12.0. The standard InChI is InChI=1S/C29H42O3/c1-26(2,3)17-13-14-18(20(15-17)27(4,5)6)22-21(28(7,8)9)16-19(25(31)32)24(30)23(22)29(10,11)12/h13-16,30H,1-12H3,(H,31,32). The zero-order valence-corrected chi connectivity index (χ0v) is 22.1. The van der Waals surface area contributed by atoms with Gasteiger partial charge in [-0.1, -0.05) is 101 Å². The first-order valence-corrected chi connectivity index (χ1v) is 11.5. The quantitative estimate of drug-likeness (QED) is 0.500. The summed E-state index contributed by atoms with van der Waals surface area (Å²) in [5, 5.41) is 21.1. The fourth-order valence-corrected chi connectivity index (χ4v) is 4.29. The van der Waals surface area contributed by atoms with Crippen molar-refractivity contribution in [3.8, 4) is 16.9 Å². The second kappa shape index (κ2) is 7.93. The lowest BCUT2D eigenvalue weighted by molar-refractivity contribution is 0.0693. The molecule has 0 fully saturated rings. The number of hydrogen-bond acceptors (Lipinski definition) is 2. The fourth-order valence-electron chi connectivity index (χ4n) is 4.29. The Morgan fingerprint density at radius 1 is 0.688 bits per heavy atom. The fraction of sp³-hybridized carbons (Fsp3) is 0.552. The molecule has 0 atom stereocenters. The van der Waals surface area contributed by atoms with Gasteiger partial charge in [-0.3, -0.25) is 0 Å². The average molecular weight is 439 g/mol. The molecule has 3 heteroatoms. The molecule has 0 amide bonds. The van der Waals surface area contributed by atoms with Gasteiger partial charge in [-0.2, -0.15) is 0 Å². The van der Waals surface area contributed by atoms with E-state index in [1.54, 1.807) is 6.07 Å². The Morgan fingerprint density at radius 3 is 1.56 bits per heavy atom. The number of carboxylic acids is 1. The van der Waals surface area contributed by atoms with E-state index >= 15 is 0 Å². The third-order valence-electron chi connectivity index (χ3n) is 6.05. The van der Waals surface area contributed by atoms with Gasteiger partial charge in [-0.05, 0) is 55.5 Å². The SMILES string of the molecule is CC(C)(C)c1ccc(-c2c(C(C)(C)C)cc(C(=O)O)c(O)c2C(C)(C)C)c(C(C)(C)C)c1. The summed E-state index contributed by atoms with van der Waals surface area (Å²) in [5.74, 6) is -1.24. The van der Waals surface area contributed by atoms with Gasteiger partial charge in [0.1, 0.15) is 11.3 Å². The van der Waals surface area contributed by atoms with Crippen LogP contribution in [0.25, 0.3) is 11.1 Å². The third-order valence-corrected chi connectivity index (χ3v) is 6.05. The summed E-state index contributed by atoms with van der Waals surface area (Å²) >= 11 is 0. The second-order valence-corrected chi connectivity index (χ2v) is 13.1. The molecule has 2 aromatic rings. The number of phenols is 1. The molecule has 0 saturated heterocycles. The minimum Gasteiger partial charge on any atom is -0.507 e. The number of carbonyl (C=O) groups is 1. The lowest BCUT2D eigenvalue weighted by Gasteiger charge is -2.35. The largest absolute Gasteiger partial charge is 0.507 e. The van der Waals surface area contributed by atoms with Crippen LogP contribution in [0.2, 0.25) is 0 Å². The van der Waals surface area contributed by atoms with Gasteiger partial charge in [0, 0.05) is 5.56 Å². The van der Waals surface area contributed by atoms with Crippen molar-refractivity contribution in [1.82, 2.24) is 0 Å². The van der Waals surface area contributed by atoms with Gasteiger partial charge in [0.05, 0.1) is 0 Å². The first-order chi connectivity index (χ1) is 14.2.